The molecular weight excluding hydrogens is 270 g/mol. The molecule has 3 fully saturated rings. The van der Waals surface area contributed by atoms with Crippen molar-refractivity contribution in [3.05, 3.63) is 0 Å². The number of carbonyl (C=O) groups is 2. The van der Waals surface area contributed by atoms with E-state index < -0.39 is 23.9 Å². The van der Waals surface area contributed by atoms with Crippen LogP contribution < -0.4 is 10.6 Å². The third-order valence-corrected chi connectivity index (χ3v) is 4.64. The number of amides is 2. The molecule has 3 rings (SSSR count). The van der Waals surface area contributed by atoms with Gasteiger partial charge in [0.1, 0.15) is 6.10 Å². The van der Waals surface area contributed by atoms with Crippen LogP contribution >= 0.6 is 0 Å². The van der Waals surface area contributed by atoms with Gasteiger partial charge in [0.15, 0.2) is 0 Å². The summed E-state index contributed by atoms with van der Waals surface area (Å²) in [4.78, 5) is 23.5. The smallest absolute Gasteiger partial charge is 0.407 e. The summed E-state index contributed by atoms with van der Waals surface area (Å²) >= 11 is 0. The Bertz CT molecular complexity index is 457. The molecule has 1 unspecified atom stereocenters. The van der Waals surface area contributed by atoms with Crippen LogP contribution in [0.3, 0.4) is 0 Å². The monoisotopic (exact) mass is 288 g/mol. The molecule has 0 aromatic rings. The van der Waals surface area contributed by atoms with Gasteiger partial charge in [-0.15, -0.1) is 0 Å². The van der Waals surface area contributed by atoms with Crippen LogP contribution in [-0.4, -0.2) is 36.1 Å². The molecule has 2 amide bonds. The number of hydrogen-bond donors (Lipinski definition) is 2. The molecule has 1 saturated heterocycles. The first kappa shape index (κ1) is 13.6. The van der Waals surface area contributed by atoms with Gasteiger partial charge in [0, 0.05) is 25.3 Å². The summed E-state index contributed by atoms with van der Waals surface area (Å²) in [5, 5.41) is 5.47. The average molecular weight is 288 g/mol. The van der Waals surface area contributed by atoms with E-state index in [2.05, 4.69) is 10.6 Å². The van der Waals surface area contributed by atoms with Gasteiger partial charge in [0.25, 0.3) is 0 Å². The number of carbonyl (C=O) groups excluding carboxylic acids is 2. The highest BCUT2D eigenvalue weighted by Crippen LogP contribution is 2.47. The molecule has 2 N–H and O–H groups in total. The molecule has 1 heterocycles. The number of fused-ring (bicyclic) bond motifs is 2. The number of rotatable bonds is 2. The van der Waals surface area contributed by atoms with E-state index in [0.717, 1.165) is 0 Å². The van der Waals surface area contributed by atoms with Crippen LogP contribution in [0.4, 0.5) is 13.6 Å². The molecule has 0 aromatic carbocycles. The number of alkyl carbamates (subject to hydrolysis) is 1. The number of hydrogen-bond acceptors (Lipinski definition) is 3. The van der Waals surface area contributed by atoms with E-state index in [1.54, 1.807) is 6.92 Å². The molecule has 0 radical (unpaired) electrons. The van der Waals surface area contributed by atoms with E-state index in [-0.39, 0.29) is 36.9 Å². The second kappa shape index (κ2) is 4.30. The fraction of sp³-hybridized carbons (Fsp3) is 0.846. The normalized spacial score (nSPS) is 42.0. The lowest BCUT2D eigenvalue weighted by atomic mass is 9.87. The molecule has 20 heavy (non-hydrogen) atoms. The number of alkyl halides is 2. The van der Waals surface area contributed by atoms with Crippen molar-refractivity contribution in [3.8, 4) is 0 Å². The minimum absolute atomic E-state index is 0.00405. The molecule has 0 spiro atoms. The van der Waals surface area contributed by atoms with E-state index in [1.165, 1.54) is 0 Å². The quantitative estimate of drug-likeness (QED) is 0.810. The van der Waals surface area contributed by atoms with Gasteiger partial charge in [0.2, 0.25) is 11.8 Å². The molecule has 2 bridgehead atoms. The Labute approximate surface area is 115 Å². The Morgan fingerprint density at radius 1 is 1.40 bits per heavy atom. The van der Waals surface area contributed by atoms with E-state index >= 15 is 0 Å². The van der Waals surface area contributed by atoms with Gasteiger partial charge >= 0.3 is 6.09 Å². The van der Waals surface area contributed by atoms with Crippen molar-refractivity contribution in [1.29, 1.82) is 0 Å². The van der Waals surface area contributed by atoms with E-state index in [1.807, 2.05) is 0 Å². The van der Waals surface area contributed by atoms with E-state index in [9.17, 15) is 18.4 Å². The maximum Gasteiger partial charge on any atom is 0.407 e. The van der Waals surface area contributed by atoms with E-state index in [4.69, 9.17) is 4.74 Å². The SMILES string of the molecule is CC1(C(=O)N[C@@H]2C[C@@H]3C[C@H]2OC(=O)N3)CCC(F)(F)C1. The largest absolute Gasteiger partial charge is 0.444 e. The maximum atomic E-state index is 13.3. The van der Waals surface area contributed by atoms with Gasteiger partial charge in [-0.25, -0.2) is 13.6 Å². The number of nitrogens with one attached hydrogen (secondary N) is 2. The summed E-state index contributed by atoms with van der Waals surface area (Å²) in [5.74, 6) is -3.12. The Morgan fingerprint density at radius 2 is 2.15 bits per heavy atom. The third kappa shape index (κ3) is 2.33. The topological polar surface area (TPSA) is 67.4 Å². The second-order valence-corrected chi connectivity index (χ2v) is 6.43. The Hall–Kier alpha value is -1.40. The zero-order valence-electron chi connectivity index (χ0n) is 11.2. The average Bonchev–Trinajstić information content (AvgIpc) is 2.77. The van der Waals surface area contributed by atoms with Gasteiger partial charge in [-0.05, 0) is 12.8 Å². The number of halogens is 2. The second-order valence-electron chi connectivity index (χ2n) is 6.43. The fourth-order valence-electron chi connectivity index (χ4n) is 3.48. The highest BCUT2D eigenvalue weighted by molar-refractivity contribution is 5.83. The first-order valence-corrected chi connectivity index (χ1v) is 6.93. The predicted octanol–water partition coefficient (Wildman–Crippen LogP) is 1.57. The zero-order valence-corrected chi connectivity index (χ0v) is 11.2. The molecule has 112 valence electrons. The van der Waals surface area contributed by atoms with Crippen LogP contribution in [0.15, 0.2) is 0 Å². The summed E-state index contributed by atoms with van der Waals surface area (Å²) in [6.07, 6.45) is -0.0394. The van der Waals surface area contributed by atoms with E-state index in [0.29, 0.717) is 12.8 Å². The molecule has 7 heteroatoms. The lowest BCUT2D eigenvalue weighted by molar-refractivity contribution is -0.132. The van der Waals surface area contributed by atoms with Crippen molar-refractivity contribution in [2.24, 2.45) is 5.41 Å². The van der Waals surface area contributed by atoms with Gasteiger partial charge in [-0.3, -0.25) is 4.79 Å². The van der Waals surface area contributed by atoms with Crippen molar-refractivity contribution in [3.63, 3.8) is 0 Å². The standard InChI is InChI=1S/C13H18F2N2O3/c1-12(2-3-13(14,15)6-12)10(18)17-8-4-7-5-9(8)20-11(19)16-7/h7-9H,2-6H2,1H3,(H,16,19)(H,17,18)/t7-,8-,9-,12?/m1/s1. The summed E-state index contributed by atoms with van der Waals surface area (Å²) < 4.78 is 31.8. The predicted molar refractivity (Wildman–Crippen MR) is 65.3 cm³/mol. The van der Waals surface area contributed by atoms with Gasteiger partial charge in [0.05, 0.1) is 11.5 Å². The summed E-state index contributed by atoms with van der Waals surface area (Å²) in [6, 6.07) is -0.276. The summed E-state index contributed by atoms with van der Waals surface area (Å²) in [5.41, 5.74) is -1.03. The van der Waals surface area contributed by atoms with Crippen molar-refractivity contribution in [2.45, 2.75) is 63.1 Å². The van der Waals surface area contributed by atoms with Gasteiger partial charge in [-0.2, -0.15) is 0 Å². The minimum Gasteiger partial charge on any atom is -0.444 e. The molecule has 0 aromatic heterocycles. The van der Waals surface area contributed by atoms with Crippen LogP contribution in [0.2, 0.25) is 0 Å². The molecule has 4 atom stereocenters. The summed E-state index contributed by atoms with van der Waals surface area (Å²) in [7, 11) is 0. The Kier molecular flexibility index (Phi) is 2.92. The molecule has 5 nitrogen and oxygen atoms in total. The lowest BCUT2D eigenvalue weighted by Gasteiger charge is -2.27. The highest BCUT2D eigenvalue weighted by atomic mass is 19.3. The van der Waals surface area contributed by atoms with Crippen molar-refractivity contribution in [2.75, 3.05) is 0 Å². The first-order chi connectivity index (χ1) is 9.27. The highest BCUT2D eigenvalue weighted by Gasteiger charge is 2.52. The van der Waals surface area contributed by atoms with Crippen molar-refractivity contribution < 1.29 is 23.1 Å². The fourth-order valence-corrected chi connectivity index (χ4v) is 3.48. The lowest BCUT2D eigenvalue weighted by Crippen LogP contribution is -2.48. The Balaban J connectivity index is 1.64. The van der Waals surface area contributed by atoms with Crippen LogP contribution in [0.25, 0.3) is 0 Å². The van der Waals surface area contributed by atoms with Crippen molar-refractivity contribution in [1.82, 2.24) is 10.6 Å². The first-order valence-electron chi connectivity index (χ1n) is 6.93. The molecule has 2 aliphatic carbocycles. The van der Waals surface area contributed by atoms with Crippen molar-refractivity contribution >= 4 is 12.0 Å². The molecular formula is C13H18F2N2O3. The minimum atomic E-state index is -2.76. The molecule has 1 aliphatic heterocycles. The van der Waals surface area contributed by atoms with Gasteiger partial charge < -0.3 is 15.4 Å². The maximum absolute atomic E-state index is 13.3. The van der Waals surface area contributed by atoms with Crippen LogP contribution in [-0.2, 0) is 9.53 Å². The Morgan fingerprint density at radius 3 is 2.80 bits per heavy atom. The number of ether oxygens (including phenoxy) is 1. The van der Waals surface area contributed by atoms with Crippen LogP contribution in [0.1, 0.15) is 39.0 Å². The van der Waals surface area contributed by atoms with Crippen LogP contribution in [0, 0.1) is 5.41 Å². The zero-order chi connectivity index (χ0) is 14.5. The molecule has 3 aliphatic rings. The third-order valence-electron chi connectivity index (χ3n) is 4.64. The summed E-state index contributed by atoms with van der Waals surface area (Å²) in [6.45, 7) is 1.58. The molecule has 2 saturated carbocycles. The van der Waals surface area contributed by atoms with Gasteiger partial charge in [-0.1, -0.05) is 6.92 Å². The van der Waals surface area contributed by atoms with Crippen LogP contribution in [0.5, 0.6) is 0 Å².